The van der Waals surface area contributed by atoms with Gasteiger partial charge in [-0.2, -0.15) is 0 Å². The van der Waals surface area contributed by atoms with Crippen molar-refractivity contribution in [2.45, 2.75) is 13.8 Å². The summed E-state index contributed by atoms with van der Waals surface area (Å²) in [5.74, 6) is 0.0153. The topological polar surface area (TPSA) is 57.8 Å². The Bertz CT molecular complexity index is 486. The van der Waals surface area contributed by atoms with Crippen LogP contribution in [0.25, 0.3) is 11.3 Å². The van der Waals surface area contributed by atoms with E-state index in [-0.39, 0.29) is 11.8 Å². The molecule has 0 atom stereocenters. The Kier molecular flexibility index (Phi) is 3.23. The highest BCUT2D eigenvalue weighted by atomic mass is 16.1. The van der Waals surface area contributed by atoms with Crippen LogP contribution in [0, 0.1) is 5.92 Å². The lowest BCUT2D eigenvalue weighted by Crippen LogP contribution is -2.17. The van der Waals surface area contributed by atoms with Crippen molar-refractivity contribution in [3.05, 3.63) is 36.8 Å². The molecule has 1 amide bonds. The molecule has 0 aliphatic carbocycles. The van der Waals surface area contributed by atoms with Crippen molar-refractivity contribution in [3.8, 4) is 11.3 Å². The highest BCUT2D eigenvalue weighted by Crippen LogP contribution is 2.18. The molecule has 2 rings (SSSR count). The van der Waals surface area contributed by atoms with E-state index < -0.39 is 0 Å². The number of carbonyl (C=O) groups is 1. The van der Waals surface area contributed by atoms with Crippen LogP contribution in [0.3, 0.4) is 0 Å². The van der Waals surface area contributed by atoms with Gasteiger partial charge >= 0.3 is 0 Å². The smallest absolute Gasteiger partial charge is 0.226 e. The number of imidazole rings is 1. The fourth-order valence-corrected chi connectivity index (χ4v) is 1.43. The molecule has 4 nitrogen and oxygen atoms in total. The molecule has 0 bridgehead atoms. The van der Waals surface area contributed by atoms with Crippen LogP contribution in [0.2, 0.25) is 0 Å². The lowest BCUT2D eigenvalue weighted by molar-refractivity contribution is -0.118. The Morgan fingerprint density at radius 2 is 2.00 bits per heavy atom. The maximum Gasteiger partial charge on any atom is 0.226 e. The third-order valence-corrected chi connectivity index (χ3v) is 2.49. The minimum Gasteiger partial charge on any atom is -0.345 e. The van der Waals surface area contributed by atoms with E-state index in [4.69, 9.17) is 0 Å². The van der Waals surface area contributed by atoms with E-state index in [1.807, 2.05) is 38.1 Å². The summed E-state index contributed by atoms with van der Waals surface area (Å²) in [5, 5.41) is 2.85. The van der Waals surface area contributed by atoms with E-state index in [1.54, 1.807) is 12.5 Å². The third kappa shape index (κ3) is 2.72. The molecule has 4 heteroatoms. The first-order chi connectivity index (χ1) is 8.16. The van der Waals surface area contributed by atoms with Gasteiger partial charge < -0.3 is 10.3 Å². The van der Waals surface area contributed by atoms with Crippen LogP contribution in [0.4, 0.5) is 5.69 Å². The van der Waals surface area contributed by atoms with Gasteiger partial charge in [0.05, 0.1) is 18.2 Å². The monoisotopic (exact) mass is 229 g/mol. The zero-order valence-corrected chi connectivity index (χ0v) is 9.90. The average molecular weight is 229 g/mol. The molecule has 1 aromatic carbocycles. The van der Waals surface area contributed by atoms with Crippen molar-refractivity contribution in [1.29, 1.82) is 0 Å². The van der Waals surface area contributed by atoms with E-state index in [0.29, 0.717) is 0 Å². The minimum atomic E-state index is -0.0118. The fraction of sp³-hybridized carbons (Fsp3) is 0.231. The van der Waals surface area contributed by atoms with Crippen LogP contribution in [-0.4, -0.2) is 15.9 Å². The molecule has 0 saturated carbocycles. The normalized spacial score (nSPS) is 10.5. The summed E-state index contributed by atoms with van der Waals surface area (Å²) in [6.45, 7) is 3.74. The van der Waals surface area contributed by atoms with Crippen LogP contribution in [0.15, 0.2) is 36.8 Å². The van der Waals surface area contributed by atoms with Crippen molar-refractivity contribution < 1.29 is 4.79 Å². The van der Waals surface area contributed by atoms with Crippen molar-refractivity contribution in [2.75, 3.05) is 5.32 Å². The summed E-state index contributed by atoms with van der Waals surface area (Å²) in [5.41, 5.74) is 2.82. The van der Waals surface area contributed by atoms with Gasteiger partial charge in [-0.15, -0.1) is 0 Å². The summed E-state index contributed by atoms with van der Waals surface area (Å²) < 4.78 is 0. The first-order valence-corrected chi connectivity index (χ1v) is 5.56. The van der Waals surface area contributed by atoms with Crippen molar-refractivity contribution in [3.63, 3.8) is 0 Å². The summed E-state index contributed by atoms with van der Waals surface area (Å²) in [6, 6.07) is 7.67. The summed E-state index contributed by atoms with van der Waals surface area (Å²) >= 11 is 0. The molecule has 2 aromatic rings. The first kappa shape index (κ1) is 11.4. The summed E-state index contributed by atoms with van der Waals surface area (Å²) in [7, 11) is 0. The van der Waals surface area contributed by atoms with Gasteiger partial charge in [0.2, 0.25) is 5.91 Å². The quantitative estimate of drug-likeness (QED) is 0.850. The molecule has 0 fully saturated rings. The van der Waals surface area contributed by atoms with Crippen LogP contribution in [-0.2, 0) is 4.79 Å². The molecule has 0 spiro atoms. The number of nitrogens with one attached hydrogen (secondary N) is 2. The number of hydrogen-bond acceptors (Lipinski definition) is 2. The second-order valence-electron chi connectivity index (χ2n) is 4.19. The number of hydrogen-bond donors (Lipinski definition) is 2. The number of H-pyrrole nitrogens is 1. The molecule has 0 radical (unpaired) electrons. The predicted molar refractivity (Wildman–Crippen MR) is 67.5 cm³/mol. The highest BCUT2D eigenvalue weighted by molar-refractivity contribution is 5.92. The predicted octanol–water partition coefficient (Wildman–Crippen LogP) is 2.67. The summed E-state index contributed by atoms with van der Waals surface area (Å²) in [6.07, 6.45) is 3.41. The van der Waals surface area contributed by atoms with Gasteiger partial charge in [0.15, 0.2) is 0 Å². The van der Waals surface area contributed by atoms with Gasteiger partial charge in [0, 0.05) is 11.6 Å². The van der Waals surface area contributed by atoms with Crippen LogP contribution in [0.1, 0.15) is 13.8 Å². The van der Waals surface area contributed by atoms with Gasteiger partial charge in [0.25, 0.3) is 0 Å². The second kappa shape index (κ2) is 4.82. The van der Waals surface area contributed by atoms with Crippen LogP contribution < -0.4 is 5.32 Å². The van der Waals surface area contributed by atoms with E-state index >= 15 is 0 Å². The van der Waals surface area contributed by atoms with Gasteiger partial charge in [-0.25, -0.2) is 4.98 Å². The lowest BCUT2D eigenvalue weighted by atomic mass is 10.1. The van der Waals surface area contributed by atoms with E-state index in [2.05, 4.69) is 15.3 Å². The SMILES string of the molecule is CC(C)C(=O)Nc1ccc(-c2cnc[nH]2)cc1. The van der Waals surface area contributed by atoms with Crippen molar-refractivity contribution >= 4 is 11.6 Å². The van der Waals surface area contributed by atoms with Crippen LogP contribution in [0.5, 0.6) is 0 Å². The molecular weight excluding hydrogens is 214 g/mol. The largest absolute Gasteiger partial charge is 0.345 e. The number of aromatic amines is 1. The second-order valence-corrected chi connectivity index (χ2v) is 4.19. The molecule has 0 saturated heterocycles. The fourth-order valence-electron chi connectivity index (χ4n) is 1.43. The zero-order valence-electron chi connectivity index (χ0n) is 9.90. The molecule has 1 heterocycles. The Balaban J connectivity index is 2.11. The lowest BCUT2D eigenvalue weighted by Gasteiger charge is -2.07. The molecular formula is C13H15N3O. The van der Waals surface area contributed by atoms with Gasteiger partial charge in [0.1, 0.15) is 0 Å². The highest BCUT2D eigenvalue weighted by Gasteiger charge is 2.06. The number of benzene rings is 1. The van der Waals surface area contributed by atoms with Crippen molar-refractivity contribution in [2.24, 2.45) is 5.92 Å². The number of rotatable bonds is 3. The summed E-state index contributed by atoms with van der Waals surface area (Å²) in [4.78, 5) is 18.5. The van der Waals surface area contributed by atoms with E-state index in [0.717, 1.165) is 16.9 Å². The van der Waals surface area contributed by atoms with Gasteiger partial charge in [-0.05, 0) is 17.7 Å². The minimum absolute atomic E-state index is 0.0118. The number of nitrogens with zero attached hydrogens (tertiary/aromatic N) is 1. The Labute approximate surface area is 100 Å². The molecule has 0 unspecified atom stereocenters. The molecule has 17 heavy (non-hydrogen) atoms. The molecule has 0 aliphatic heterocycles. The number of anilines is 1. The van der Waals surface area contributed by atoms with Gasteiger partial charge in [-0.3, -0.25) is 4.79 Å². The number of aromatic nitrogens is 2. The number of carbonyl (C=O) groups excluding carboxylic acids is 1. The first-order valence-electron chi connectivity index (χ1n) is 5.56. The van der Waals surface area contributed by atoms with Crippen molar-refractivity contribution in [1.82, 2.24) is 9.97 Å². The molecule has 2 N–H and O–H groups in total. The van der Waals surface area contributed by atoms with Gasteiger partial charge in [-0.1, -0.05) is 26.0 Å². The Morgan fingerprint density at radius 3 is 2.53 bits per heavy atom. The molecule has 88 valence electrons. The number of amides is 1. The zero-order chi connectivity index (χ0) is 12.3. The molecule has 0 aliphatic rings. The van der Waals surface area contributed by atoms with Crippen LogP contribution >= 0.6 is 0 Å². The third-order valence-electron chi connectivity index (χ3n) is 2.49. The Hall–Kier alpha value is -2.10. The van der Waals surface area contributed by atoms with E-state index in [9.17, 15) is 4.79 Å². The standard InChI is InChI=1S/C13H15N3O/c1-9(2)13(17)16-11-5-3-10(4-6-11)12-7-14-8-15-12/h3-9H,1-2H3,(H,14,15)(H,16,17). The molecule has 1 aromatic heterocycles. The van der Waals surface area contributed by atoms with E-state index in [1.165, 1.54) is 0 Å². The maximum atomic E-state index is 11.5. The Morgan fingerprint density at radius 1 is 1.29 bits per heavy atom. The maximum absolute atomic E-state index is 11.5. The average Bonchev–Trinajstić information content (AvgIpc) is 2.83.